The van der Waals surface area contributed by atoms with Crippen molar-refractivity contribution in [3.63, 3.8) is 0 Å². The monoisotopic (exact) mass is 436 g/mol. The zero-order chi connectivity index (χ0) is 22.8. The van der Waals surface area contributed by atoms with Gasteiger partial charge in [0.1, 0.15) is 23.6 Å². The Morgan fingerprint density at radius 1 is 0.848 bits per heavy atom. The van der Waals surface area contributed by atoms with Gasteiger partial charge >= 0.3 is 0 Å². The van der Waals surface area contributed by atoms with Crippen molar-refractivity contribution in [1.29, 1.82) is 0 Å². The number of ether oxygens (including phenoxy) is 2. The molecule has 0 saturated carbocycles. The first-order valence-electron chi connectivity index (χ1n) is 10.7. The molecule has 0 aliphatic rings. The molecule has 0 amide bonds. The van der Waals surface area contributed by atoms with Gasteiger partial charge in [0, 0.05) is 17.4 Å². The van der Waals surface area contributed by atoms with Gasteiger partial charge in [0.2, 0.25) is 0 Å². The second kappa shape index (κ2) is 8.67. The summed E-state index contributed by atoms with van der Waals surface area (Å²) in [5, 5.41) is 4.42. The second-order valence-electron chi connectivity index (χ2n) is 7.73. The average molecular weight is 437 g/mol. The van der Waals surface area contributed by atoms with Gasteiger partial charge in [0.25, 0.3) is 0 Å². The van der Waals surface area contributed by atoms with Crippen LogP contribution in [0.3, 0.4) is 0 Å². The van der Waals surface area contributed by atoms with Crippen molar-refractivity contribution in [3.05, 3.63) is 90.9 Å². The van der Waals surface area contributed by atoms with Crippen LogP contribution >= 0.6 is 0 Å². The molecular formula is C27H24N4O2. The molecule has 0 aliphatic carbocycles. The zero-order valence-corrected chi connectivity index (χ0v) is 18.7. The van der Waals surface area contributed by atoms with Crippen LogP contribution in [0.15, 0.2) is 85.3 Å². The Morgan fingerprint density at radius 2 is 1.64 bits per heavy atom. The van der Waals surface area contributed by atoms with E-state index in [0.29, 0.717) is 0 Å². The van der Waals surface area contributed by atoms with Crippen LogP contribution in [-0.4, -0.2) is 28.8 Å². The summed E-state index contributed by atoms with van der Waals surface area (Å²) >= 11 is 0. The lowest BCUT2D eigenvalue weighted by molar-refractivity contribution is 0.415. The first-order valence-corrected chi connectivity index (χ1v) is 10.7. The number of benzene rings is 3. The molecule has 0 radical (unpaired) electrons. The van der Waals surface area contributed by atoms with Crippen molar-refractivity contribution in [2.75, 3.05) is 19.5 Å². The summed E-state index contributed by atoms with van der Waals surface area (Å²) in [4.78, 5) is 9.27. The molecule has 0 saturated heterocycles. The summed E-state index contributed by atoms with van der Waals surface area (Å²) in [5.41, 5.74) is 5.90. The summed E-state index contributed by atoms with van der Waals surface area (Å²) in [7, 11) is 3.33. The maximum absolute atomic E-state index is 5.57. The Labute approximate surface area is 192 Å². The van der Waals surface area contributed by atoms with E-state index in [1.54, 1.807) is 20.5 Å². The zero-order valence-electron chi connectivity index (χ0n) is 18.7. The Morgan fingerprint density at radius 3 is 2.36 bits per heavy atom. The third-order valence-electron chi connectivity index (χ3n) is 5.63. The van der Waals surface area contributed by atoms with Crippen LogP contribution < -0.4 is 14.8 Å². The molecule has 0 atom stereocenters. The van der Waals surface area contributed by atoms with Gasteiger partial charge in [-0.25, -0.2) is 9.97 Å². The molecule has 0 bridgehead atoms. The van der Waals surface area contributed by atoms with Gasteiger partial charge in [0.15, 0.2) is 5.65 Å². The first kappa shape index (κ1) is 20.6. The fourth-order valence-electron chi connectivity index (χ4n) is 3.98. The van der Waals surface area contributed by atoms with Crippen LogP contribution in [0.4, 0.5) is 11.5 Å². The number of methoxy groups -OCH3 is 2. The van der Waals surface area contributed by atoms with Gasteiger partial charge in [0.05, 0.1) is 25.3 Å². The largest absolute Gasteiger partial charge is 0.497 e. The van der Waals surface area contributed by atoms with Crippen molar-refractivity contribution < 1.29 is 9.47 Å². The van der Waals surface area contributed by atoms with Gasteiger partial charge in [-0.3, -0.25) is 0 Å². The highest BCUT2D eigenvalue weighted by atomic mass is 16.5. The van der Waals surface area contributed by atoms with Gasteiger partial charge in [-0.15, -0.1) is 0 Å². The summed E-state index contributed by atoms with van der Waals surface area (Å²) < 4.78 is 13.0. The van der Waals surface area contributed by atoms with Crippen LogP contribution in [0.1, 0.15) is 5.56 Å². The summed E-state index contributed by atoms with van der Waals surface area (Å²) in [6, 6.07) is 24.2. The summed E-state index contributed by atoms with van der Waals surface area (Å²) in [6.07, 6.45) is 3.69. The van der Waals surface area contributed by atoms with Crippen molar-refractivity contribution in [2.45, 2.75) is 6.92 Å². The number of aryl methyl sites for hydroxylation is 1. The number of rotatable bonds is 6. The van der Waals surface area contributed by atoms with Crippen molar-refractivity contribution in [1.82, 2.24) is 14.5 Å². The van der Waals surface area contributed by atoms with E-state index >= 15 is 0 Å². The van der Waals surface area contributed by atoms with Crippen LogP contribution in [0.5, 0.6) is 11.5 Å². The van der Waals surface area contributed by atoms with Crippen LogP contribution in [0.2, 0.25) is 0 Å². The van der Waals surface area contributed by atoms with Gasteiger partial charge in [-0.2, -0.15) is 0 Å². The molecule has 2 heterocycles. The van der Waals surface area contributed by atoms with Gasteiger partial charge < -0.3 is 19.4 Å². The highest BCUT2D eigenvalue weighted by Crippen LogP contribution is 2.38. The molecule has 0 fully saturated rings. The van der Waals surface area contributed by atoms with Crippen LogP contribution in [0.25, 0.3) is 27.8 Å². The number of aromatic nitrogens is 3. The maximum Gasteiger partial charge on any atom is 0.150 e. The van der Waals surface area contributed by atoms with E-state index in [9.17, 15) is 0 Å². The molecule has 0 spiro atoms. The Kier molecular flexibility index (Phi) is 5.40. The fraction of sp³-hybridized carbons (Fsp3) is 0.111. The van der Waals surface area contributed by atoms with Crippen LogP contribution in [-0.2, 0) is 0 Å². The molecule has 3 aromatic carbocycles. The Bertz CT molecular complexity index is 1410. The fourth-order valence-corrected chi connectivity index (χ4v) is 3.98. The lowest BCUT2D eigenvalue weighted by Gasteiger charge is -2.13. The smallest absolute Gasteiger partial charge is 0.150 e. The first-order chi connectivity index (χ1) is 16.2. The second-order valence-corrected chi connectivity index (χ2v) is 7.73. The molecule has 164 valence electrons. The minimum absolute atomic E-state index is 0.718. The molecule has 1 N–H and O–H groups in total. The van der Waals surface area contributed by atoms with E-state index in [2.05, 4.69) is 51.2 Å². The quantitative estimate of drug-likeness (QED) is 0.346. The number of hydrogen-bond acceptors (Lipinski definition) is 5. The van der Waals surface area contributed by atoms with E-state index in [-0.39, 0.29) is 0 Å². The van der Waals surface area contributed by atoms with E-state index in [0.717, 1.165) is 56.4 Å². The molecular weight excluding hydrogens is 412 g/mol. The number of nitrogens with zero attached hydrogens (tertiary/aromatic N) is 3. The lowest BCUT2D eigenvalue weighted by atomic mass is 10.1. The summed E-state index contributed by atoms with van der Waals surface area (Å²) in [6.45, 7) is 2.05. The topological polar surface area (TPSA) is 61.2 Å². The normalized spacial score (nSPS) is 10.9. The molecule has 5 aromatic rings. The van der Waals surface area contributed by atoms with Crippen LogP contribution in [0, 0.1) is 6.92 Å². The molecule has 0 aliphatic heterocycles. The van der Waals surface area contributed by atoms with Gasteiger partial charge in [-0.05, 0) is 54.4 Å². The number of hydrogen-bond donors (Lipinski definition) is 1. The molecule has 0 unspecified atom stereocenters. The van der Waals surface area contributed by atoms with E-state index in [4.69, 9.17) is 9.47 Å². The molecule has 2 aromatic heterocycles. The highest BCUT2D eigenvalue weighted by molar-refractivity contribution is 6.03. The number of nitrogens with one attached hydrogen (secondary N) is 1. The van der Waals surface area contributed by atoms with Gasteiger partial charge in [-0.1, -0.05) is 36.4 Å². The average Bonchev–Trinajstić information content (AvgIpc) is 3.25. The third kappa shape index (κ3) is 3.87. The minimum atomic E-state index is 0.718. The molecule has 6 heteroatoms. The van der Waals surface area contributed by atoms with Crippen molar-refractivity contribution in [3.8, 4) is 28.3 Å². The predicted molar refractivity (Wildman–Crippen MR) is 132 cm³/mol. The molecule has 5 rings (SSSR count). The highest BCUT2D eigenvalue weighted by Gasteiger charge is 2.18. The Balaban J connectivity index is 1.73. The van der Waals surface area contributed by atoms with E-state index < -0.39 is 0 Å². The van der Waals surface area contributed by atoms with E-state index in [1.165, 1.54) is 0 Å². The number of fused-ring (bicyclic) bond motifs is 1. The lowest BCUT2D eigenvalue weighted by Crippen LogP contribution is -2.00. The van der Waals surface area contributed by atoms with Crippen molar-refractivity contribution in [2.24, 2.45) is 0 Å². The third-order valence-corrected chi connectivity index (χ3v) is 5.63. The van der Waals surface area contributed by atoms with E-state index in [1.807, 2.05) is 54.6 Å². The minimum Gasteiger partial charge on any atom is -0.497 e. The SMILES string of the molecule is COc1ccc(-n2cc(-c3ccccc3)c3c(Nc4cc(C)ccc4OC)ncnc32)cc1. The maximum atomic E-state index is 5.57. The molecule has 6 nitrogen and oxygen atoms in total. The molecule has 33 heavy (non-hydrogen) atoms. The Hall–Kier alpha value is -4.32. The standard InChI is InChI=1S/C27H24N4O2/c1-18-9-14-24(33-3)23(15-18)30-26-25-22(19-7-5-4-6-8-19)16-31(27(25)29-17-28-26)20-10-12-21(32-2)13-11-20/h4-17H,1-3H3,(H,28,29,30). The summed E-state index contributed by atoms with van der Waals surface area (Å²) in [5.74, 6) is 2.28. The van der Waals surface area contributed by atoms with Crippen molar-refractivity contribution >= 4 is 22.5 Å². The predicted octanol–water partition coefficient (Wildman–Crippen LogP) is 6.16. The number of anilines is 2.